The predicted octanol–water partition coefficient (Wildman–Crippen LogP) is 0.209. The molecule has 0 aromatic heterocycles. The largest absolute Gasteiger partial charge is 0.484 e. The van der Waals surface area contributed by atoms with Crippen molar-refractivity contribution in [3.8, 4) is 5.75 Å². The molecule has 0 bridgehead atoms. The molecule has 7 nitrogen and oxygen atoms in total. The Hall–Kier alpha value is -2.57. The molecule has 0 aliphatic heterocycles. The van der Waals surface area contributed by atoms with Gasteiger partial charge in [0.05, 0.1) is 0 Å². The summed E-state index contributed by atoms with van der Waals surface area (Å²) in [6, 6.07) is 5.97. The number of rotatable bonds is 8. The van der Waals surface area contributed by atoms with Gasteiger partial charge >= 0.3 is 5.97 Å². The van der Waals surface area contributed by atoms with E-state index in [0.29, 0.717) is 5.75 Å². The lowest BCUT2D eigenvalue weighted by Crippen LogP contribution is -2.43. The third-order valence-corrected chi connectivity index (χ3v) is 2.67. The first-order valence-electron chi connectivity index (χ1n) is 6.38. The molecule has 0 aliphatic rings. The molecule has 0 aliphatic carbocycles. The Kier molecular flexibility index (Phi) is 6.19. The topological polar surface area (TPSA) is 119 Å². The molecular formula is C14H18N2O5. The minimum atomic E-state index is -1.22. The number of ether oxygens (including phenoxy) is 1. The maximum absolute atomic E-state index is 11.6. The smallest absolute Gasteiger partial charge is 0.326 e. The molecular weight excluding hydrogens is 276 g/mol. The van der Waals surface area contributed by atoms with Crippen LogP contribution in [0.5, 0.6) is 5.75 Å². The van der Waals surface area contributed by atoms with Gasteiger partial charge in [0.15, 0.2) is 6.61 Å². The maximum atomic E-state index is 11.6. The molecule has 0 saturated carbocycles. The number of carboxylic acid groups (broad SMARTS) is 1. The van der Waals surface area contributed by atoms with E-state index < -0.39 is 23.8 Å². The normalized spacial score (nSPS) is 11.5. The van der Waals surface area contributed by atoms with Gasteiger partial charge in [-0.05, 0) is 31.0 Å². The summed E-state index contributed by atoms with van der Waals surface area (Å²) in [4.78, 5) is 33.3. The van der Waals surface area contributed by atoms with Gasteiger partial charge in [0.25, 0.3) is 5.91 Å². The molecule has 1 aromatic rings. The maximum Gasteiger partial charge on any atom is 0.326 e. The van der Waals surface area contributed by atoms with Crippen LogP contribution in [0.2, 0.25) is 0 Å². The number of aryl methyl sites for hydroxylation is 1. The Labute approximate surface area is 122 Å². The number of nitrogens with one attached hydrogen (secondary N) is 1. The number of amides is 2. The number of hydrogen-bond acceptors (Lipinski definition) is 4. The summed E-state index contributed by atoms with van der Waals surface area (Å²) >= 11 is 0. The molecule has 0 heterocycles. The number of primary amides is 1. The minimum absolute atomic E-state index is 0.0547. The average molecular weight is 294 g/mol. The Morgan fingerprint density at radius 1 is 1.38 bits per heavy atom. The molecule has 0 radical (unpaired) electrons. The van der Waals surface area contributed by atoms with E-state index >= 15 is 0 Å². The highest BCUT2D eigenvalue weighted by Crippen LogP contribution is 2.11. The second kappa shape index (κ2) is 7.88. The molecule has 0 spiro atoms. The fourth-order valence-corrected chi connectivity index (χ4v) is 1.63. The van der Waals surface area contributed by atoms with Crippen LogP contribution in [0.3, 0.4) is 0 Å². The van der Waals surface area contributed by atoms with Gasteiger partial charge in [0.1, 0.15) is 11.8 Å². The SMILES string of the molecule is Cc1cccc(OCC(=O)N[C@@H](CCC(N)=O)C(=O)O)c1. The van der Waals surface area contributed by atoms with Crippen molar-refractivity contribution in [2.24, 2.45) is 5.73 Å². The van der Waals surface area contributed by atoms with Gasteiger partial charge in [-0.1, -0.05) is 12.1 Å². The van der Waals surface area contributed by atoms with E-state index in [1.165, 1.54) is 0 Å². The molecule has 2 amide bonds. The first-order chi connectivity index (χ1) is 9.88. The molecule has 1 atom stereocenters. The van der Waals surface area contributed by atoms with E-state index in [-0.39, 0.29) is 19.4 Å². The summed E-state index contributed by atoms with van der Waals surface area (Å²) in [6.45, 7) is 1.58. The van der Waals surface area contributed by atoms with Crippen molar-refractivity contribution in [1.29, 1.82) is 0 Å². The number of carbonyl (C=O) groups is 3. The second-order valence-corrected chi connectivity index (χ2v) is 4.57. The van der Waals surface area contributed by atoms with Crippen LogP contribution in [0.4, 0.5) is 0 Å². The second-order valence-electron chi connectivity index (χ2n) is 4.57. The highest BCUT2D eigenvalue weighted by atomic mass is 16.5. The van der Waals surface area contributed by atoms with Crippen molar-refractivity contribution >= 4 is 17.8 Å². The zero-order valence-electron chi connectivity index (χ0n) is 11.7. The third kappa shape index (κ3) is 6.42. The zero-order valence-corrected chi connectivity index (χ0v) is 11.7. The fraction of sp³-hybridized carbons (Fsp3) is 0.357. The fourth-order valence-electron chi connectivity index (χ4n) is 1.63. The van der Waals surface area contributed by atoms with Gasteiger partial charge in [0.2, 0.25) is 5.91 Å². The summed E-state index contributed by atoms with van der Waals surface area (Å²) in [5.74, 6) is -1.89. The first kappa shape index (κ1) is 16.5. The zero-order chi connectivity index (χ0) is 15.8. The van der Waals surface area contributed by atoms with Gasteiger partial charge < -0.3 is 20.9 Å². The Morgan fingerprint density at radius 3 is 2.67 bits per heavy atom. The van der Waals surface area contributed by atoms with Crippen LogP contribution < -0.4 is 15.8 Å². The molecule has 114 valence electrons. The van der Waals surface area contributed by atoms with Crippen molar-refractivity contribution < 1.29 is 24.2 Å². The van der Waals surface area contributed by atoms with Crippen LogP contribution in [0.1, 0.15) is 18.4 Å². The van der Waals surface area contributed by atoms with Crippen molar-refractivity contribution in [3.05, 3.63) is 29.8 Å². The molecule has 0 saturated heterocycles. The molecule has 0 fully saturated rings. The van der Waals surface area contributed by atoms with E-state index in [0.717, 1.165) is 5.56 Å². The molecule has 1 aromatic carbocycles. The van der Waals surface area contributed by atoms with Gasteiger partial charge in [-0.25, -0.2) is 4.79 Å². The summed E-state index contributed by atoms with van der Waals surface area (Å²) < 4.78 is 5.26. The molecule has 21 heavy (non-hydrogen) atoms. The third-order valence-electron chi connectivity index (χ3n) is 2.67. The van der Waals surface area contributed by atoms with Gasteiger partial charge in [0, 0.05) is 6.42 Å². The quantitative estimate of drug-likeness (QED) is 0.633. The number of carbonyl (C=O) groups excluding carboxylic acids is 2. The number of aliphatic carboxylic acids is 1. The van der Waals surface area contributed by atoms with Gasteiger partial charge in [-0.2, -0.15) is 0 Å². The highest BCUT2D eigenvalue weighted by molar-refractivity contribution is 5.85. The van der Waals surface area contributed by atoms with E-state index in [1.807, 2.05) is 13.0 Å². The van der Waals surface area contributed by atoms with Gasteiger partial charge in [-0.3, -0.25) is 9.59 Å². The number of carboxylic acids is 1. The summed E-state index contributed by atoms with van der Waals surface area (Å²) in [6.07, 6.45) is -0.170. The van der Waals surface area contributed by atoms with Crippen LogP contribution in [-0.4, -0.2) is 35.5 Å². The Balaban J connectivity index is 2.46. The van der Waals surface area contributed by atoms with E-state index in [2.05, 4.69) is 5.32 Å². The summed E-state index contributed by atoms with van der Waals surface area (Å²) in [5, 5.41) is 11.2. The van der Waals surface area contributed by atoms with Crippen LogP contribution >= 0.6 is 0 Å². The standard InChI is InChI=1S/C14H18N2O5/c1-9-3-2-4-10(7-9)21-8-13(18)16-11(14(19)20)5-6-12(15)17/h2-4,7,11H,5-6,8H2,1H3,(H2,15,17)(H,16,18)(H,19,20)/t11-/m0/s1. The average Bonchev–Trinajstić information content (AvgIpc) is 2.40. The van der Waals surface area contributed by atoms with E-state index in [9.17, 15) is 14.4 Å². The number of nitrogens with two attached hydrogens (primary N) is 1. The Bertz CT molecular complexity index is 530. The van der Waals surface area contributed by atoms with Crippen LogP contribution in [0.15, 0.2) is 24.3 Å². The van der Waals surface area contributed by atoms with E-state index in [1.54, 1.807) is 18.2 Å². The molecule has 4 N–H and O–H groups in total. The lowest BCUT2D eigenvalue weighted by atomic mass is 10.1. The minimum Gasteiger partial charge on any atom is -0.484 e. The van der Waals surface area contributed by atoms with Crippen LogP contribution in [0, 0.1) is 6.92 Å². The van der Waals surface area contributed by atoms with Gasteiger partial charge in [-0.15, -0.1) is 0 Å². The van der Waals surface area contributed by atoms with Crippen molar-refractivity contribution in [3.63, 3.8) is 0 Å². The lowest BCUT2D eigenvalue weighted by Gasteiger charge is -2.14. The van der Waals surface area contributed by atoms with Crippen molar-refractivity contribution in [1.82, 2.24) is 5.32 Å². The molecule has 0 unspecified atom stereocenters. The number of benzene rings is 1. The summed E-state index contributed by atoms with van der Waals surface area (Å²) in [5.41, 5.74) is 5.94. The predicted molar refractivity (Wildman–Crippen MR) is 74.7 cm³/mol. The Morgan fingerprint density at radius 2 is 2.10 bits per heavy atom. The highest BCUT2D eigenvalue weighted by Gasteiger charge is 2.20. The summed E-state index contributed by atoms with van der Waals surface area (Å²) in [7, 11) is 0. The lowest BCUT2D eigenvalue weighted by molar-refractivity contribution is -0.142. The first-order valence-corrected chi connectivity index (χ1v) is 6.38. The monoisotopic (exact) mass is 294 g/mol. The molecule has 7 heteroatoms. The van der Waals surface area contributed by atoms with Crippen molar-refractivity contribution in [2.75, 3.05) is 6.61 Å². The van der Waals surface area contributed by atoms with Crippen LogP contribution in [0.25, 0.3) is 0 Å². The van der Waals surface area contributed by atoms with E-state index in [4.69, 9.17) is 15.6 Å². The van der Waals surface area contributed by atoms with Crippen LogP contribution in [-0.2, 0) is 14.4 Å². The van der Waals surface area contributed by atoms with Crippen molar-refractivity contribution in [2.45, 2.75) is 25.8 Å². The number of hydrogen-bond donors (Lipinski definition) is 3. The molecule has 1 rings (SSSR count).